The topological polar surface area (TPSA) is 79.4 Å². The highest BCUT2D eigenvalue weighted by Gasteiger charge is 2.32. The van der Waals surface area contributed by atoms with Crippen molar-refractivity contribution in [3.8, 4) is 5.75 Å². The number of benzene rings is 1. The molecule has 1 aromatic heterocycles. The highest BCUT2D eigenvalue weighted by molar-refractivity contribution is 5.96. The van der Waals surface area contributed by atoms with Gasteiger partial charge in [-0.1, -0.05) is 12.1 Å². The van der Waals surface area contributed by atoms with Crippen LogP contribution in [0, 0.1) is 0 Å². The second kappa shape index (κ2) is 8.77. The van der Waals surface area contributed by atoms with Gasteiger partial charge in [0.25, 0.3) is 5.91 Å². The Morgan fingerprint density at radius 2 is 1.89 bits per heavy atom. The summed E-state index contributed by atoms with van der Waals surface area (Å²) < 4.78 is 41.2. The van der Waals surface area contributed by atoms with Crippen LogP contribution < -0.4 is 20.3 Å². The number of hydrogen-bond donors (Lipinski definition) is 2. The molecule has 1 saturated heterocycles. The minimum atomic E-state index is -4.86. The summed E-state index contributed by atoms with van der Waals surface area (Å²) in [4.78, 5) is 22.7. The molecule has 0 spiro atoms. The summed E-state index contributed by atoms with van der Waals surface area (Å²) >= 11 is 0. The Labute approximate surface area is 159 Å². The van der Waals surface area contributed by atoms with E-state index in [1.54, 1.807) is 0 Å². The number of amides is 1. The van der Waals surface area contributed by atoms with Crippen molar-refractivity contribution in [2.75, 3.05) is 36.4 Å². The summed E-state index contributed by atoms with van der Waals surface area (Å²) in [5, 5.41) is 5.63. The molecule has 0 radical (unpaired) electrons. The first-order valence-electron chi connectivity index (χ1n) is 8.86. The van der Waals surface area contributed by atoms with Crippen LogP contribution in [-0.2, 0) is 0 Å². The van der Waals surface area contributed by atoms with E-state index < -0.39 is 18.0 Å². The van der Waals surface area contributed by atoms with Crippen LogP contribution in [0.3, 0.4) is 0 Å². The van der Waals surface area contributed by atoms with Gasteiger partial charge in [0.1, 0.15) is 23.7 Å². The van der Waals surface area contributed by atoms with Crippen molar-refractivity contribution in [2.45, 2.75) is 19.2 Å². The average molecular weight is 395 g/mol. The summed E-state index contributed by atoms with van der Waals surface area (Å²) in [6, 6.07) is 7.04. The minimum absolute atomic E-state index is 0.182. The number of hydrogen-bond acceptors (Lipinski definition) is 6. The van der Waals surface area contributed by atoms with E-state index >= 15 is 0 Å². The predicted octanol–water partition coefficient (Wildman–Crippen LogP) is 2.82. The van der Waals surface area contributed by atoms with Crippen molar-refractivity contribution < 1.29 is 22.7 Å². The Kier molecular flexibility index (Phi) is 6.17. The Hall–Kier alpha value is -3.04. The van der Waals surface area contributed by atoms with Crippen LogP contribution in [0.4, 0.5) is 24.8 Å². The number of alkyl halides is 3. The van der Waals surface area contributed by atoms with Crippen molar-refractivity contribution in [3.63, 3.8) is 0 Å². The molecule has 0 saturated carbocycles. The summed E-state index contributed by atoms with van der Waals surface area (Å²) in [6.07, 6.45) is -1.12. The Balaban J connectivity index is 1.51. The van der Waals surface area contributed by atoms with Gasteiger partial charge in [-0.2, -0.15) is 0 Å². The quantitative estimate of drug-likeness (QED) is 0.702. The van der Waals surface area contributed by atoms with E-state index in [4.69, 9.17) is 0 Å². The third kappa shape index (κ3) is 5.48. The first kappa shape index (κ1) is 19.7. The largest absolute Gasteiger partial charge is 0.573 e. The predicted molar refractivity (Wildman–Crippen MR) is 97.4 cm³/mol. The molecule has 10 heteroatoms. The lowest BCUT2D eigenvalue weighted by Gasteiger charge is -2.16. The molecule has 1 fully saturated rings. The zero-order valence-electron chi connectivity index (χ0n) is 15.0. The number of carbonyl (C=O) groups is 1. The first-order chi connectivity index (χ1) is 13.4. The monoisotopic (exact) mass is 395 g/mol. The average Bonchev–Trinajstić information content (AvgIpc) is 3.19. The molecular weight excluding hydrogens is 375 g/mol. The Bertz CT molecular complexity index is 810. The number of nitrogens with one attached hydrogen (secondary N) is 2. The minimum Gasteiger partial charge on any atom is -0.405 e. The van der Waals surface area contributed by atoms with Crippen LogP contribution in [0.5, 0.6) is 5.75 Å². The normalized spacial score (nSPS) is 14.0. The molecule has 1 amide bonds. The second-order valence-electron chi connectivity index (χ2n) is 6.18. The number of anilines is 2. The van der Waals surface area contributed by atoms with E-state index in [1.807, 2.05) is 6.07 Å². The van der Waals surface area contributed by atoms with E-state index in [-0.39, 0.29) is 12.1 Å². The van der Waals surface area contributed by atoms with Crippen molar-refractivity contribution >= 4 is 17.5 Å². The highest BCUT2D eigenvalue weighted by Crippen LogP contribution is 2.26. The highest BCUT2D eigenvalue weighted by atomic mass is 19.4. The van der Waals surface area contributed by atoms with Gasteiger partial charge >= 0.3 is 6.36 Å². The van der Waals surface area contributed by atoms with E-state index in [1.165, 1.54) is 24.5 Å². The van der Waals surface area contributed by atoms with Crippen molar-refractivity contribution in [2.24, 2.45) is 0 Å². The fourth-order valence-electron chi connectivity index (χ4n) is 2.89. The number of carbonyl (C=O) groups excluding carboxylic acids is 1. The van der Waals surface area contributed by atoms with Gasteiger partial charge in [-0.25, -0.2) is 9.97 Å². The smallest absolute Gasteiger partial charge is 0.405 e. The number of para-hydroxylation sites is 1. The number of ether oxygens (including phenoxy) is 1. The molecule has 1 aliphatic rings. The molecule has 2 heterocycles. The number of halogens is 3. The maximum atomic E-state index is 12.4. The molecule has 1 aliphatic heterocycles. The van der Waals surface area contributed by atoms with Crippen LogP contribution in [0.25, 0.3) is 0 Å². The molecule has 1 aromatic carbocycles. The lowest BCUT2D eigenvalue weighted by Crippen LogP contribution is -2.30. The Morgan fingerprint density at radius 1 is 1.14 bits per heavy atom. The molecule has 0 atom stereocenters. The van der Waals surface area contributed by atoms with Gasteiger partial charge in [0, 0.05) is 32.2 Å². The van der Waals surface area contributed by atoms with Gasteiger partial charge in [0.15, 0.2) is 0 Å². The third-order valence-corrected chi connectivity index (χ3v) is 4.16. The summed E-state index contributed by atoms with van der Waals surface area (Å²) in [5.41, 5.74) is -0.182. The van der Waals surface area contributed by atoms with Crippen LogP contribution >= 0.6 is 0 Å². The van der Waals surface area contributed by atoms with Crippen LogP contribution in [0.15, 0.2) is 36.7 Å². The van der Waals surface area contributed by atoms with Gasteiger partial charge in [-0.3, -0.25) is 4.79 Å². The standard InChI is InChI=1S/C18H20F3N5O2/c19-18(20,21)28-14-6-2-1-5-13(14)17(27)23-8-7-22-15-11-16(25-12-24-15)26-9-3-4-10-26/h1-2,5-6,11-12H,3-4,7-10H2,(H,23,27)(H,22,24,25). The van der Waals surface area contributed by atoms with Crippen molar-refractivity contribution in [1.82, 2.24) is 15.3 Å². The third-order valence-electron chi connectivity index (χ3n) is 4.16. The van der Waals surface area contributed by atoms with Crippen molar-refractivity contribution in [1.29, 1.82) is 0 Å². The van der Waals surface area contributed by atoms with E-state index in [2.05, 4.69) is 30.2 Å². The zero-order chi connectivity index (χ0) is 20.0. The van der Waals surface area contributed by atoms with Gasteiger partial charge in [-0.15, -0.1) is 13.2 Å². The maximum absolute atomic E-state index is 12.4. The van der Waals surface area contributed by atoms with Crippen LogP contribution in [-0.4, -0.2) is 48.4 Å². The molecule has 28 heavy (non-hydrogen) atoms. The molecule has 150 valence electrons. The molecule has 0 aliphatic carbocycles. The van der Waals surface area contributed by atoms with Crippen LogP contribution in [0.2, 0.25) is 0 Å². The van der Waals surface area contributed by atoms with E-state index in [0.29, 0.717) is 12.4 Å². The molecule has 3 rings (SSSR count). The fourth-order valence-corrected chi connectivity index (χ4v) is 2.89. The fraction of sp³-hybridized carbons (Fsp3) is 0.389. The molecule has 7 nitrogen and oxygen atoms in total. The summed E-state index contributed by atoms with van der Waals surface area (Å²) in [6.45, 7) is 2.48. The van der Waals surface area contributed by atoms with Crippen molar-refractivity contribution in [3.05, 3.63) is 42.2 Å². The molecule has 2 aromatic rings. The molecule has 2 N–H and O–H groups in total. The number of rotatable bonds is 7. The van der Waals surface area contributed by atoms with Gasteiger partial charge < -0.3 is 20.3 Å². The molecule has 0 bridgehead atoms. The van der Waals surface area contributed by atoms with Crippen LogP contribution in [0.1, 0.15) is 23.2 Å². The second-order valence-corrected chi connectivity index (χ2v) is 6.18. The lowest BCUT2D eigenvalue weighted by molar-refractivity contribution is -0.274. The maximum Gasteiger partial charge on any atom is 0.573 e. The van der Waals surface area contributed by atoms with E-state index in [9.17, 15) is 18.0 Å². The summed E-state index contributed by atoms with van der Waals surface area (Å²) in [7, 11) is 0. The molecule has 0 unspecified atom stereocenters. The lowest BCUT2D eigenvalue weighted by atomic mass is 10.2. The number of nitrogens with zero attached hydrogens (tertiary/aromatic N) is 3. The molecular formula is C18H20F3N5O2. The van der Waals surface area contributed by atoms with Gasteiger partial charge in [0.2, 0.25) is 0 Å². The van der Waals surface area contributed by atoms with Gasteiger partial charge in [0.05, 0.1) is 5.56 Å². The number of aromatic nitrogens is 2. The SMILES string of the molecule is O=C(NCCNc1cc(N2CCCC2)ncn1)c1ccccc1OC(F)(F)F. The van der Waals surface area contributed by atoms with Gasteiger partial charge in [-0.05, 0) is 25.0 Å². The first-order valence-corrected chi connectivity index (χ1v) is 8.86. The Morgan fingerprint density at radius 3 is 2.64 bits per heavy atom. The summed E-state index contributed by atoms with van der Waals surface area (Å²) in [5.74, 6) is 0.276. The van der Waals surface area contributed by atoms with E-state index in [0.717, 1.165) is 37.8 Å². The zero-order valence-corrected chi connectivity index (χ0v) is 15.0.